The number of halogens is 1. The molecule has 4 rings (SSSR count). The lowest BCUT2D eigenvalue weighted by Gasteiger charge is -2.28. The van der Waals surface area contributed by atoms with Crippen LogP contribution in [0.25, 0.3) is 11.0 Å². The number of rotatable bonds is 10. The molecule has 0 spiro atoms. The lowest BCUT2D eigenvalue weighted by Crippen LogP contribution is -2.44. The van der Waals surface area contributed by atoms with E-state index in [0.717, 1.165) is 17.2 Å². The highest BCUT2D eigenvalue weighted by molar-refractivity contribution is 5.96. The number of benzene rings is 3. The van der Waals surface area contributed by atoms with E-state index in [1.54, 1.807) is 12.1 Å². The summed E-state index contributed by atoms with van der Waals surface area (Å²) in [5, 5.41) is 0.442. The molecule has 0 saturated carbocycles. The number of fused-ring (bicyclic) bond motifs is 1. The van der Waals surface area contributed by atoms with E-state index in [4.69, 9.17) is 9.15 Å². The maximum atomic E-state index is 13.8. The molecule has 0 atom stereocenters. The Morgan fingerprint density at radius 2 is 1.74 bits per heavy atom. The van der Waals surface area contributed by atoms with Crippen LogP contribution in [0.1, 0.15) is 27.0 Å². The molecular formula is C30H29FN2O5. The highest BCUT2D eigenvalue weighted by Gasteiger charge is 2.24. The van der Waals surface area contributed by atoms with Crippen molar-refractivity contribution >= 4 is 22.8 Å². The number of methoxy groups -OCH3 is 1. The molecular weight excluding hydrogens is 487 g/mol. The predicted molar refractivity (Wildman–Crippen MR) is 142 cm³/mol. The van der Waals surface area contributed by atoms with Crippen molar-refractivity contribution < 1.29 is 23.1 Å². The summed E-state index contributed by atoms with van der Waals surface area (Å²) >= 11 is 0. The summed E-state index contributed by atoms with van der Waals surface area (Å²) in [6.45, 7) is 2.16. The van der Waals surface area contributed by atoms with Gasteiger partial charge in [-0.25, -0.2) is 4.39 Å². The Morgan fingerprint density at radius 3 is 2.47 bits per heavy atom. The number of hydrogen-bond acceptors (Lipinski definition) is 5. The molecule has 1 heterocycles. The van der Waals surface area contributed by atoms with Crippen LogP contribution in [0.4, 0.5) is 4.39 Å². The summed E-state index contributed by atoms with van der Waals surface area (Å²) in [6, 6.07) is 20.1. The molecule has 2 amide bonds. The van der Waals surface area contributed by atoms with Gasteiger partial charge in [-0.15, -0.1) is 0 Å². The Kier molecular flexibility index (Phi) is 8.66. The lowest BCUT2D eigenvalue weighted by atomic mass is 10.1. The number of amides is 2. The van der Waals surface area contributed by atoms with Crippen molar-refractivity contribution in [3.63, 3.8) is 0 Å². The third kappa shape index (κ3) is 6.52. The van der Waals surface area contributed by atoms with E-state index in [1.807, 2.05) is 43.3 Å². The van der Waals surface area contributed by atoms with Gasteiger partial charge in [0.05, 0.1) is 30.4 Å². The average molecular weight is 517 g/mol. The van der Waals surface area contributed by atoms with Crippen LogP contribution < -0.4 is 5.43 Å². The highest BCUT2D eigenvalue weighted by Crippen LogP contribution is 2.16. The smallest absolute Gasteiger partial charge is 0.254 e. The van der Waals surface area contributed by atoms with Crippen LogP contribution >= 0.6 is 0 Å². The standard InChI is InChI=1S/C30H29FN2O5/c1-21-11-12-27-26(15-21)29(35)24(20-38-27)18-33(17-22-7-4-3-5-8-22)28(34)19-32(13-14-37-2)30(36)23-9-6-10-25(31)16-23/h3-12,15-16,20H,13-14,17-19H2,1-2H3. The summed E-state index contributed by atoms with van der Waals surface area (Å²) < 4.78 is 24.6. The molecule has 0 radical (unpaired) electrons. The van der Waals surface area contributed by atoms with E-state index in [2.05, 4.69) is 0 Å². The summed E-state index contributed by atoms with van der Waals surface area (Å²) in [7, 11) is 1.50. The van der Waals surface area contributed by atoms with Crippen LogP contribution in [-0.2, 0) is 22.6 Å². The molecule has 0 aliphatic rings. The van der Waals surface area contributed by atoms with Crippen molar-refractivity contribution in [2.24, 2.45) is 0 Å². The zero-order chi connectivity index (χ0) is 27.1. The number of carbonyl (C=O) groups excluding carboxylic acids is 2. The fourth-order valence-electron chi connectivity index (χ4n) is 4.16. The normalized spacial score (nSPS) is 10.9. The number of aryl methyl sites for hydroxylation is 1. The van der Waals surface area contributed by atoms with Gasteiger partial charge in [-0.1, -0.05) is 48.0 Å². The van der Waals surface area contributed by atoms with Gasteiger partial charge in [0.2, 0.25) is 5.91 Å². The van der Waals surface area contributed by atoms with Gasteiger partial charge in [0, 0.05) is 25.8 Å². The fraction of sp³-hybridized carbons (Fsp3) is 0.233. The van der Waals surface area contributed by atoms with Crippen LogP contribution in [0, 0.1) is 12.7 Å². The number of carbonyl (C=O) groups is 2. The highest BCUT2D eigenvalue weighted by atomic mass is 19.1. The minimum absolute atomic E-state index is 0.00772. The van der Waals surface area contributed by atoms with Gasteiger partial charge in [-0.3, -0.25) is 14.4 Å². The summed E-state index contributed by atoms with van der Waals surface area (Å²) in [5.41, 5.74) is 2.50. The number of nitrogens with zero attached hydrogens (tertiary/aromatic N) is 2. The first-order valence-electron chi connectivity index (χ1n) is 12.2. The Hall–Kier alpha value is -4.30. The molecule has 0 bridgehead atoms. The van der Waals surface area contributed by atoms with Gasteiger partial charge < -0.3 is 19.0 Å². The van der Waals surface area contributed by atoms with Crippen molar-refractivity contribution in [1.82, 2.24) is 9.80 Å². The zero-order valence-corrected chi connectivity index (χ0v) is 21.4. The molecule has 0 fully saturated rings. The Bertz CT molecular complexity index is 1490. The average Bonchev–Trinajstić information content (AvgIpc) is 2.92. The van der Waals surface area contributed by atoms with E-state index in [1.165, 1.54) is 41.4 Å². The number of hydrogen-bond donors (Lipinski definition) is 0. The first kappa shape index (κ1) is 26.8. The third-order valence-electron chi connectivity index (χ3n) is 6.18. The Labute approximate surface area is 220 Å². The molecule has 0 N–H and O–H groups in total. The summed E-state index contributed by atoms with van der Waals surface area (Å²) in [5.74, 6) is -1.41. The topological polar surface area (TPSA) is 80.1 Å². The van der Waals surface area contributed by atoms with Crippen LogP contribution in [0.2, 0.25) is 0 Å². The molecule has 7 nitrogen and oxygen atoms in total. The van der Waals surface area contributed by atoms with Gasteiger partial charge in [-0.2, -0.15) is 0 Å². The van der Waals surface area contributed by atoms with Crippen molar-refractivity contribution in [2.45, 2.75) is 20.0 Å². The van der Waals surface area contributed by atoms with Crippen molar-refractivity contribution in [3.8, 4) is 0 Å². The first-order chi connectivity index (χ1) is 18.4. The van der Waals surface area contributed by atoms with Crippen molar-refractivity contribution in [2.75, 3.05) is 26.8 Å². The van der Waals surface area contributed by atoms with E-state index >= 15 is 0 Å². The first-order valence-corrected chi connectivity index (χ1v) is 12.2. The second kappa shape index (κ2) is 12.3. The fourth-order valence-corrected chi connectivity index (χ4v) is 4.16. The Morgan fingerprint density at radius 1 is 0.947 bits per heavy atom. The van der Waals surface area contributed by atoms with Gasteiger partial charge >= 0.3 is 0 Å². The summed E-state index contributed by atoms with van der Waals surface area (Å²) in [4.78, 5) is 42.9. The van der Waals surface area contributed by atoms with Crippen molar-refractivity contribution in [1.29, 1.82) is 0 Å². The molecule has 4 aromatic rings. The maximum Gasteiger partial charge on any atom is 0.254 e. The minimum Gasteiger partial charge on any atom is -0.464 e. The van der Waals surface area contributed by atoms with E-state index in [9.17, 15) is 18.8 Å². The summed E-state index contributed by atoms with van der Waals surface area (Å²) in [6.07, 6.45) is 1.38. The molecule has 0 aliphatic carbocycles. The van der Waals surface area contributed by atoms with Crippen LogP contribution in [0.15, 0.2) is 88.3 Å². The minimum atomic E-state index is -0.544. The molecule has 0 saturated heterocycles. The third-order valence-corrected chi connectivity index (χ3v) is 6.18. The predicted octanol–water partition coefficient (Wildman–Crippen LogP) is 4.56. The van der Waals surface area contributed by atoms with Crippen LogP contribution in [0.5, 0.6) is 0 Å². The lowest BCUT2D eigenvalue weighted by molar-refractivity contribution is -0.133. The Balaban J connectivity index is 1.63. The van der Waals surface area contributed by atoms with Gasteiger partial charge in [0.1, 0.15) is 17.9 Å². The van der Waals surface area contributed by atoms with E-state index in [-0.39, 0.29) is 49.7 Å². The monoisotopic (exact) mass is 516 g/mol. The van der Waals surface area contributed by atoms with Crippen LogP contribution in [0.3, 0.4) is 0 Å². The second-order valence-corrected chi connectivity index (χ2v) is 9.05. The largest absolute Gasteiger partial charge is 0.464 e. The molecule has 8 heteroatoms. The SMILES string of the molecule is COCCN(CC(=O)N(Cc1ccccc1)Cc1coc2ccc(C)cc2c1=O)C(=O)c1cccc(F)c1. The molecule has 38 heavy (non-hydrogen) atoms. The molecule has 0 unspecified atom stereocenters. The van der Waals surface area contributed by atoms with Gasteiger partial charge in [-0.05, 0) is 42.8 Å². The molecule has 3 aromatic carbocycles. The zero-order valence-electron chi connectivity index (χ0n) is 21.4. The molecule has 1 aromatic heterocycles. The van der Waals surface area contributed by atoms with E-state index < -0.39 is 11.7 Å². The van der Waals surface area contributed by atoms with E-state index in [0.29, 0.717) is 16.5 Å². The number of ether oxygens (including phenoxy) is 1. The molecule has 0 aliphatic heterocycles. The van der Waals surface area contributed by atoms with Gasteiger partial charge in [0.15, 0.2) is 5.43 Å². The second-order valence-electron chi connectivity index (χ2n) is 9.05. The quantitative estimate of drug-likeness (QED) is 0.309. The maximum absolute atomic E-state index is 13.8. The van der Waals surface area contributed by atoms with Crippen LogP contribution in [-0.4, -0.2) is 48.4 Å². The van der Waals surface area contributed by atoms with Gasteiger partial charge in [0.25, 0.3) is 5.91 Å². The van der Waals surface area contributed by atoms with Crippen molar-refractivity contribution in [3.05, 3.63) is 117 Å². The molecule has 196 valence electrons.